The summed E-state index contributed by atoms with van der Waals surface area (Å²) >= 11 is 0. The molecule has 0 saturated heterocycles. The van der Waals surface area contributed by atoms with E-state index in [1.807, 2.05) is 0 Å². The summed E-state index contributed by atoms with van der Waals surface area (Å²) in [5, 5.41) is 8.64. The maximum absolute atomic E-state index is 12.1. The molecule has 0 spiro atoms. The molecule has 108 valence electrons. The van der Waals surface area contributed by atoms with E-state index in [1.165, 1.54) is 31.4 Å². The van der Waals surface area contributed by atoms with Gasteiger partial charge in [0.2, 0.25) is 10.0 Å². The normalized spacial score (nSPS) is 15.4. The average Bonchev–Trinajstić information content (AvgIpc) is 3.19. The third kappa shape index (κ3) is 3.58. The highest BCUT2D eigenvalue weighted by molar-refractivity contribution is 7.89. The topological polar surface area (TPSA) is 92.7 Å². The van der Waals surface area contributed by atoms with Gasteiger partial charge in [0.05, 0.1) is 12.0 Å². The van der Waals surface area contributed by atoms with Crippen molar-refractivity contribution in [1.82, 2.24) is 4.72 Å². The molecule has 20 heavy (non-hydrogen) atoms. The Morgan fingerprint density at radius 3 is 2.70 bits per heavy atom. The van der Waals surface area contributed by atoms with Gasteiger partial charge < -0.3 is 9.84 Å². The molecule has 1 aromatic carbocycles. The molecule has 0 amide bonds. The molecule has 7 heteroatoms. The Labute approximate surface area is 117 Å². The number of carbonyl (C=O) groups is 1. The molecule has 1 aliphatic carbocycles. The van der Waals surface area contributed by atoms with Crippen molar-refractivity contribution in [2.24, 2.45) is 0 Å². The van der Waals surface area contributed by atoms with E-state index in [1.54, 1.807) is 0 Å². The highest BCUT2D eigenvalue weighted by Crippen LogP contribution is 2.26. The van der Waals surface area contributed by atoms with Gasteiger partial charge >= 0.3 is 5.97 Å². The molecule has 0 atom stereocenters. The number of hydrogen-bond donors (Lipinski definition) is 2. The standard InChI is InChI=1S/C13H15NO5S/c1-19-12-6-5-11(8-9(12)2-7-13(15)16)20(17,18)14-10-3-4-10/h2,5-8,10,14H,3-4H2,1H3,(H,15,16). The van der Waals surface area contributed by atoms with Crippen molar-refractivity contribution < 1.29 is 23.1 Å². The Morgan fingerprint density at radius 2 is 2.15 bits per heavy atom. The Morgan fingerprint density at radius 1 is 1.45 bits per heavy atom. The van der Waals surface area contributed by atoms with E-state index in [0.29, 0.717) is 11.3 Å². The van der Waals surface area contributed by atoms with E-state index >= 15 is 0 Å². The number of carboxylic acid groups (broad SMARTS) is 1. The Hall–Kier alpha value is -1.86. The van der Waals surface area contributed by atoms with Crippen molar-refractivity contribution in [3.05, 3.63) is 29.8 Å². The molecule has 1 fully saturated rings. The molecular formula is C13H15NO5S. The van der Waals surface area contributed by atoms with Gasteiger partial charge in [0, 0.05) is 17.7 Å². The Kier molecular flexibility index (Phi) is 4.10. The molecule has 6 nitrogen and oxygen atoms in total. The molecule has 1 aromatic rings. The van der Waals surface area contributed by atoms with E-state index in [4.69, 9.17) is 9.84 Å². The van der Waals surface area contributed by atoms with Gasteiger partial charge in [-0.3, -0.25) is 0 Å². The Bertz CT molecular complexity index is 647. The van der Waals surface area contributed by atoms with Gasteiger partial charge in [-0.25, -0.2) is 17.9 Å². The number of nitrogens with one attached hydrogen (secondary N) is 1. The predicted molar refractivity (Wildman–Crippen MR) is 73.0 cm³/mol. The van der Waals surface area contributed by atoms with Gasteiger partial charge in [-0.05, 0) is 37.1 Å². The van der Waals surface area contributed by atoms with Crippen LogP contribution in [0.4, 0.5) is 0 Å². The van der Waals surface area contributed by atoms with E-state index in [9.17, 15) is 13.2 Å². The van der Waals surface area contributed by atoms with Gasteiger partial charge in [-0.15, -0.1) is 0 Å². The zero-order valence-electron chi connectivity index (χ0n) is 10.9. The SMILES string of the molecule is COc1ccc(S(=O)(=O)NC2CC2)cc1C=CC(=O)O. The number of benzene rings is 1. The van der Waals surface area contributed by atoms with Crippen LogP contribution >= 0.6 is 0 Å². The second-order valence-corrected chi connectivity index (χ2v) is 6.18. The van der Waals surface area contributed by atoms with Crippen LogP contribution in [0, 0.1) is 0 Å². The lowest BCUT2D eigenvalue weighted by Crippen LogP contribution is -2.25. The minimum absolute atomic E-state index is 0.0140. The van der Waals surface area contributed by atoms with Gasteiger partial charge in [-0.1, -0.05) is 0 Å². The summed E-state index contributed by atoms with van der Waals surface area (Å²) in [6, 6.07) is 4.34. The largest absolute Gasteiger partial charge is 0.496 e. The number of sulfonamides is 1. The molecule has 0 aliphatic heterocycles. The summed E-state index contributed by atoms with van der Waals surface area (Å²) in [5.41, 5.74) is 0.397. The zero-order chi connectivity index (χ0) is 14.8. The first kappa shape index (κ1) is 14.5. The third-order valence-corrected chi connectivity index (χ3v) is 4.33. The van der Waals surface area contributed by atoms with Crippen molar-refractivity contribution >= 4 is 22.1 Å². The average molecular weight is 297 g/mol. The monoisotopic (exact) mass is 297 g/mol. The van der Waals surface area contributed by atoms with Crippen LogP contribution in [0.1, 0.15) is 18.4 Å². The lowest BCUT2D eigenvalue weighted by Gasteiger charge is -2.09. The second-order valence-electron chi connectivity index (χ2n) is 4.47. The number of methoxy groups -OCH3 is 1. The first-order chi connectivity index (χ1) is 9.42. The highest BCUT2D eigenvalue weighted by Gasteiger charge is 2.28. The lowest BCUT2D eigenvalue weighted by molar-refractivity contribution is -0.131. The quantitative estimate of drug-likeness (QED) is 0.770. The Balaban J connectivity index is 2.35. The minimum Gasteiger partial charge on any atom is -0.496 e. The van der Waals surface area contributed by atoms with Crippen molar-refractivity contribution in [2.45, 2.75) is 23.8 Å². The second kappa shape index (κ2) is 5.64. The van der Waals surface area contributed by atoms with Gasteiger partial charge in [0.25, 0.3) is 0 Å². The number of rotatable bonds is 6. The summed E-state index contributed by atoms with van der Waals surface area (Å²) in [4.78, 5) is 10.6. The third-order valence-electron chi connectivity index (χ3n) is 2.82. The van der Waals surface area contributed by atoms with Crippen molar-refractivity contribution in [1.29, 1.82) is 0 Å². The van der Waals surface area contributed by atoms with Crippen LogP contribution in [0.3, 0.4) is 0 Å². The van der Waals surface area contributed by atoms with Crippen LogP contribution in [0.2, 0.25) is 0 Å². The molecule has 1 saturated carbocycles. The molecular weight excluding hydrogens is 282 g/mol. The fourth-order valence-electron chi connectivity index (χ4n) is 1.66. The molecule has 0 aromatic heterocycles. The molecule has 0 heterocycles. The summed E-state index contributed by atoms with van der Waals surface area (Å²) in [6.45, 7) is 0. The summed E-state index contributed by atoms with van der Waals surface area (Å²) in [5.74, 6) is -0.704. The van der Waals surface area contributed by atoms with Gasteiger partial charge in [-0.2, -0.15) is 0 Å². The highest BCUT2D eigenvalue weighted by atomic mass is 32.2. The lowest BCUT2D eigenvalue weighted by atomic mass is 10.2. The van der Waals surface area contributed by atoms with Crippen LogP contribution < -0.4 is 9.46 Å². The molecule has 1 aliphatic rings. The predicted octanol–water partition coefficient (Wildman–Crippen LogP) is 1.23. The van der Waals surface area contributed by atoms with Crippen LogP contribution in [0.5, 0.6) is 5.75 Å². The molecule has 0 unspecified atom stereocenters. The molecule has 2 rings (SSSR count). The van der Waals surface area contributed by atoms with Crippen molar-refractivity contribution in [2.75, 3.05) is 7.11 Å². The molecule has 0 radical (unpaired) electrons. The fourth-order valence-corrected chi connectivity index (χ4v) is 3.00. The van der Waals surface area contributed by atoms with Crippen LogP contribution in [-0.4, -0.2) is 32.6 Å². The summed E-state index contributed by atoms with van der Waals surface area (Å²) < 4.78 is 31.8. The van der Waals surface area contributed by atoms with E-state index in [2.05, 4.69) is 4.72 Å². The summed E-state index contributed by atoms with van der Waals surface area (Å²) in [7, 11) is -2.14. The van der Waals surface area contributed by atoms with Crippen LogP contribution in [0.25, 0.3) is 6.08 Å². The maximum atomic E-state index is 12.1. The van der Waals surface area contributed by atoms with E-state index < -0.39 is 16.0 Å². The van der Waals surface area contributed by atoms with E-state index in [0.717, 1.165) is 18.9 Å². The van der Waals surface area contributed by atoms with Crippen molar-refractivity contribution in [3.8, 4) is 5.75 Å². The van der Waals surface area contributed by atoms with E-state index in [-0.39, 0.29) is 10.9 Å². The summed E-state index contributed by atoms with van der Waals surface area (Å²) in [6.07, 6.45) is 3.93. The molecule has 2 N–H and O–H groups in total. The first-order valence-corrected chi connectivity index (χ1v) is 7.52. The molecule has 0 bridgehead atoms. The number of carboxylic acids is 1. The van der Waals surface area contributed by atoms with Crippen LogP contribution in [0.15, 0.2) is 29.2 Å². The van der Waals surface area contributed by atoms with Crippen LogP contribution in [-0.2, 0) is 14.8 Å². The van der Waals surface area contributed by atoms with Crippen molar-refractivity contribution in [3.63, 3.8) is 0 Å². The smallest absolute Gasteiger partial charge is 0.328 e. The number of hydrogen-bond acceptors (Lipinski definition) is 4. The zero-order valence-corrected chi connectivity index (χ0v) is 11.7. The van der Waals surface area contributed by atoms with Gasteiger partial charge in [0.1, 0.15) is 5.75 Å². The maximum Gasteiger partial charge on any atom is 0.328 e. The number of aliphatic carboxylic acids is 1. The fraction of sp³-hybridized carbons (Fsp3) is 0.308. The number of ether oxygens (including phenoxy) is 1. The minimum atomic E-state index is -3.57. The van der Waals surface area contributed by atoms with Gasteiger partial charge in [0.15, 0.2) is 0 Å². The first-order valence-electron chi connectivity index (χ1n) is 6.04.